The van der Waals surface area contributed by atoms with Crippen LogP contribution in [0.1, 0.15) is 43.7 Å². The lowest BCUT2D eigenvalue weighted by atomic mass is 10.1. The van der Waals surface area contributed by atoms with Crippen molar-refractivity contribution in [1.29, 1.82) is 0 Å². The molecule has 1 fully saturated rings. The van der Waals surface area contributed by atoms with Crippen molar-refractivity contribution in [3.05, 3.63) is 23.4 Å². The third-order valence-electron chi connectivity index (χ3n) is 3.92. The van der Waals surface area contributed by atoms with E-state index in [1.165, 1.54) is 42.6 Å². The largest absolute Gasteiger partial charge is 0.354 e. The third kappa shape index (κ3) is 2.83. The lowest BCUT2D eigenvalue weighted by molar-refractivity contribution is 0.611. The van der Waals surface area contributed by atoms with Gasteiger partial charge in [0.2, 0.25) is 0 Å². The molecule has 3 heteroatoms. The molecule has 0 bridgehead atoms. The Hall–Kier alpha value is -1.09. The Morgan fingerprint density at radius 1 is 1.39 bits per heavy atom. The van der Waals surface area contributed by atoms with E-state index in [1.807, 2.05) is 6.20 Å². The molecular weight excluding hydrogens is 222 g/mol. The fourth-order valence-electron chi connectivity index (χ4n) is 3.03. The molecule has 0 spiro atoms. The summed E-state index contributed by atoms with van der Waals surface area (Å²) in [5.74, 6) is 1.17. The predicted octanol–water partition coefficient (Wildman–Crippen LogP) is 2.66. The standard InChI is InChI=1S/C15H25N3/c1-3-18(14-6-4-5-7-14)15-12(2)10-13(8-9-16)11-17-15/h10-11,14H,3-9,16H2,1-2H3. The minimum Gasteiger partial charge on any atom is -0.354 e. The van der Waals surface area contributed by atoms with Crippen molar-refractivity contribution in [3.63, 3.8) is 0 Å². The van der Waals surface area contributed by atoms with Gasteiger partial charge in [0.05, 0.1) is 0 Å². The van der Waals surface area contributed by atoms with Crippen LogP contribution in [0.3, 0.4) is 0 Å². The Balaban J connectivity index is 2.19. The number of hydrogen-bond acceptors (Lipinski definition) is 3. The lowest BCUT2D eigenvalue weighted by Gasteiger charge is -2.30. The number of nitrogens with zero attached hydrogens (tertiary/aromatic N) is 2. The second-order valence-electron chi connectivity index (χ2n) is 5.25. The molecule has 3 nitrogen and oxygen atoms in total. The molecule has 1 aliphatic rings. The van der Waals surface area contributed by atoms with Crippen LogP contribution in [0.25, 0.3) is 0 Å². The van der Waals surface area contributed by atoms with E-state index in [4.69, 9.17) is 5.73 Å². The van der Waals surface area contributed by atoms with E-state index >= 15 is 0 Å². The molecule has 0 saturated heterocycles. The Morgan fingerprint density at radius 2 is 2.11 bits per heavy atom. The number of aryl methyl sites for hydroxylation is 1. The molecule has 1 saturated carbocycles. The van der Waals surface area contributed by atoms with Gasteiger partial charge in [0.15, 0.2) is 0 Å². The number of nitrogens with two attached hydrogens (primary N) is 1. The molecule has 2 rings (SSSR count). The molecule has 1 aliphatic carbocycles. The van der Waals surface area contributed by atoms with Crippen LogP contribution in [0, 0.1) is 6.92 Å². The molecule has 0 amide bonds. The highest BCUT2D eigenvalue weighted by molar-refractivity contribution is 5.48. The van der Waals surface area contributed by atoms with Crippen LogP contribution in [0.15, 0.2) is 12.3 Å². The maximum absolute atomic E-state index is 5.60. The predicted molar refractivity (Wildman–Crippen MR) is 77.0 cm³/mol. The topological polar surface area (TPSA) is 42.2 Å². The van der Waals surface area contributed by atoms with Gasteiger partial charge in [-0.3, -0.25) is 0 Å². The van der Waals surface area contributed by atoms with Crippen LogP contribution in [-0.4, -0.2) is 24.1 Å². The van der Waals surface area contributed by atoms with E-state index in [0.29, 0.717) is 12.6 Å². The summed E-state index contributed by atoms with van der Waals surface area (Å²) in [6, 6.07) is 2.94. The van der Waals surface area contributed by atoms with E-state index in [0.717, 1.165) is 13.0 Å². The van der Waals surface area contributed by atoms with Crippen LogP contribution in [0.4, 0.5) is 5.82 Å². The summed E-state index contributed by atoms with van der Waals surface area (Å²) >= 11 is 0. The highest BCUT2D eigenvalue weighted by Gasteiger charge is 2.23. The van der Waals surface area contributed by atoms with E-state index in [1.54, 1.807) is 0 Å². The summed E-state index contributed by atoms with van der Waals surface area (Å²) in [5, 5.41) is 0. The van der Waals surface area contributed by atoms with Gasteiger partial charge in [0, 0.05) is 18.8 Å². The van der Waals surface area contributed by atoms with Gasteiger partial charge in [-0.1, -0.05) is 18.9 Å². The molecule has 1 aromatic rings. The Bertz CT molecular complexity index is 383. The van der Waals surface area contributed by atoms with Gasteiger partial charge in [0.25, 0.3) is 0 Å². The van der Waals surface area contributed by atoms with Crippen LogP contribution < -0.4 is 10.6 Å². The number of rotatable bonds is 5. The number of anilines is 1. The zero-order valence-corrected chi connectivity index (χ0v) is 11.7. The highest BCUT2D eigenvalue weighted by atomic mass is 15.2. The molecule has 0 aliphatic heterocycles. The minimum absolute atomic E-state index is 0.695. The maximum atomic E-state index is 5.60. The van der Waals surface area contributed by atoms with Gasteiger partial charge >= 0.3 is 0 Å². The van der Waals surface area contributed by atoms with Crippen LogP contribution in [-0.2, 0) is 6.42 Å². The Labute approximate surface area is 110 Å². The number of pyridine rings is 1. The van der Waals surface area contributed by atoms with Crippen molar-refractivity contribution in [2.24, 2.45) is 5.73 Å². The second kappa shape index (κ2) is 6.19. The fraction of sp³-hybridized carbons (Fsp3) is 0.667. The zero-order valence-electron chi connectivity index (χ0n) is 11.7. The average molecular weight is 247 g/mol. The smallest absolute Gasteiger partial charge is 0.131 e. The van der Waals surface area contributed by atoms with Crippen LogP contribution >= 0.6 is 0 Å². The summed E-state index contributed by atoms with van der Waals surface area (Å²) in [4.78, 5) is 7.16. The van der Waals surface area contributed by atoms with Crippen molar-refractivity contribution < 1.29 is 0 Å². The van der Waals surface area contributed by atoms with Gasteiger partial charge < -0.3 is 10.6 Å². The summed E-state index contributed by atoms with van der Waals surface area (Å²) in [5.41, 5.74) is 8.13. The van der Waals surface area contributed by atoms with Gasteiger partial charge in [0.1, 0.15) is 5.82 Å². The van der Waals surface area contributed by atoms with Crippen LogP contribution in [0.2, 0.25) is 0 Å². The molecule has 18 heavy (non-hydrogen) atoms. The summed E-state index contributed by atoms with van der Waals surface area (Å²) in [7, 11) is 0. The Kier molecular flexibility index (Phi) is 4.59. The van der Waals surface area contributed by atoms with Crippen molar-refractivity contribution in [2.75, 3.05) is 18.0 Å². The first-order valence-corrected chi connectivity index (χ1v) is 7.18. The van der Waals surface area contributed by atoms with Crippen molar-refractivity contribution in [1.82, 2.24) is 4.98 Å². The van der Waals surface area contributed by atoms with E-state index < -0.39 is 0 Å². The van der Waals surface area contributed by atoms with Crippen molar-refractivity contribution in [3.8, 4) is 0 Å². The van der Waals surface area contributed by atoms with Gasteiger partial charge in [-0.05, 0) is 50.8 Å². The number of hydrogen-bond donors (Lipinski definition) is 1. The molecule has 1 aromatic heterocycles. The number of aromatic nitrogens is 1. The highest BCUT2D eigenvalue weighted by Crippen LogP contribution is 2.28. The molecule has 0 aromatic carbocycles. The van der Waals surface area contributed by atoms with Gasteiger partial charge in [-0.15, -0.1) is 0 Å². The fourth-order valence-corrected chi connectivity index (χ4v) is 3.03. The first kappa shape index (κ1) is 13.3. The minimum atomic E-state index is 0.695. The first-order valence-electron chi connectivity index (χ1n) is 7.18. The third-order valence-corrected chi connectivity index (χ3v) is 3.92. The quantitative estimate of drug-likeness (QED) is 0.870. The maximum Gasteiger partial charge on any atom is 0.131 e. The van der Waals surface area contributed by atoms with Gasteiger partial charge in [-0.2, -0.15) is 0 Å². The first-order chi connectivity index (χ1) is 8.76. The average Bonchev–Trinajstić information content (AvgIpc) is 2.87. The molecule has 0 unspecified atom stereocenters. The SMILES string of the molecule is CCN(c1ncc(CCN)cc1C)C1CCCC1. The van der Waals surface area contributed by atoms with E-state index in [9.17, 15) is 0 Å². The zero-order chi connectivity index (χ0) is 13.0. The molecular formula is C15H25N3. The molecule has 0 radical (unpaired) electrons. The Morgan fingerprint density at radius 3 is 2.67 bits per heavy atom. The van der Waals surface area contributed by atoms with Crippen molar-refractivity contribution in [2.45, 2.75) is 52.0 Å². The molecule has 2 N–H and O–H groups in total. The van der Waals surface area contributed by atoms with E-state index in [2.05, 4.69) is 29.8 Å². The summed E-state index contributed by atoms with van der Waals surface area (Å²) in [6.45, 7) is 6.14. The normalized spacial score (nSPS) is 16.2. The summed E-state index contributed by atoms with van der Waals surface area (Å²) in [6.07, 6.45) is 8.28. The second-order valence-corrected chi connectivity index (χ2v) is 5.25. The molecule has 100 valence electrons. The van der Waals surface area contributed by atoms with Crippen molar-refractivity contribution >= 4 is 5.82 Å². The van der Waals surface area contributed by atoms with Gasteiger partial charge in [-0.25, -0.2) is 4.98 Å². The molecule has 0 atom stereocenters. The lowest BCUT2D eigenvalue weighted by Crippen LogP contribution is -2.34. The molecule has 1 heterocycles. The monoisotopic (exact) mass is 247 g/mol. The van der Waals surface area contributed by atoms with Crippen LogP contribution in [0.5, 0.6) is 0 Å². The summed E-state index contributed by atoms with van der Waals surface area (Å²) < 4.78 is 0. The van der Waals surface area contributed by atoms with E-state index in [-0.39, 0.29) is 0 Å².